The Morgan fingerprint density at radius 2 is 1.90 bits per heavy atom. The lowest BCUT2D eigenvalue weighted by Crippen LogP contribution is -1.74. The summed E-state index contributed by atoms with van der Waals surface area (Å²) in [5, 5.41) is 0. The molecule has 1 rings (SSSR count). The Bertz CT molecular complexity index is 43.6. The summed E-state index contributed by atoms with van der Waals surface area (Å²) in [5.41, 5.74) is 0. The van der Waals surface area contributed by atoms with Crippen LogP contribution in [0.5, 0.6) is 0 Å². The normalized spacial score (nSPS) is 16.2. The molecule has 0 spiro atoms. The maximum atomic E-state index is 5.30. The molecule has 0 aliphatic carbocycles. The minimum Gasteiger partial charge on any atom is -0.381 e. The Morgan fingerprint density at radius 1 is 1.30 bits per heavy atom. The van der Waals surface area contributed by atoms with Crippen molar-refractivity contribution in [2.24, 2.45) is 0 Å². The summed E-state index contributed by atoms with van der Waals surface area (Å²) in [6, 6.07) is 0. The third-order valence-corrected chi connectivity index (χ3v) is 1.58. The Balaban J connectivity index is 0.000000162. The zero-order chi connectivity index (χ0) is 7.66. The maximum absolute atomic E-state index is 5.30. The molecule has 0 atom stereocenters. The van der Waals surface area contributed by atoms with Crippen molar-refractivity contribution in [2.75, 3.05) is 19.1 Å². The molecule has 0 unspecified atom stereocenters. The van der Waals surface area contributed by atoms with Gasteiger partial charge in [0.2, 0.25) is 0 Å². The summed E-state index contributed by atoms with van der Waals surface area (Å²) in [7, 11) is 0. The second-order valence-corrected chi connectivity index (χ2v) is 2.74. The number of rotatable bonds is 2. The maximum Gasteiger partial charge on any atom is 0.0466 e. The van der Waals surface area contributed by atoms with Gasteiger partial charge in [0, 0.05) is 19.1 Å². The summed E-state index contributed by atoms with van der Waals surface area (Å²) in [6.45, 7) is 4.13. The molecule has 0 aromatic heterocycles. The molecular weight excluding hydrogens is 148 g/mol. The van der Waals surface area contributed by atoms with Gasteiger partial charge in [-0.2, -0.15) is 0 Å². The first kappa shape index (κ1) is 10.2. The molecule has 1 aliphatic heterocycles. The SMILES string of the molecule is C1CCOC1.CCCCCl. The van der Waals surface area contributed by atoms with Crippen LogP contribution in [0.4, 0.5) is 0 Å². The second kappa shape index (κ2) is 9.25. The van der Waals surface area contributed by atoms with Crippen LogP contribution in [0.3, 0.4) is 0 Å². The van der Waals surface area contributed by atoms with Gasteiger partial charge < -0.3 is 4.74 Å². The van der Waals surface area contributed by atoms with Gasteiger partial charge in [0.05, 0.1) is 0 Å². The highest BCUT2D eigenvalue weighted by molar-refractivity contribution is 6.17. The van der Waals surface area contributed by atoms with Crippen molar-refractivity contribution in [3.63, 3.8) is 0 Å². The van der Waals surface area contributed by atoms with Crippen LogP contribution >= 0.6 is 11.6 Å². The van der Waals surface area contributed by atoms with E-state index in [-0.39, 0.29) is 0 Å². The van der Waals surface area contributed by atoms with Crippen LogP contribution in [-0.4, -0.2) is 19.1 Å². The fourth-order valence-corrected chi connectivity index (χ4v) is 0.911. The van der Waals surface area contributed by atoms with Crippen LogP contribution in [0.15, 0.2) is 0 Å². The number of hydrogen-bond donors (Lipinski definition) is 0. The number of ether oxygens (including phenoxy) is 1. The quantitative estimate of drug-likeness (QED) is 0.571. The molecule has 0 radical (unpaired) electrons. The van der Waals surface area contributed by atoms with Gasteiger partial charge in [-0.15, -0.1) is 11.6 Å². The smallest absolute Gasteiger partial charge is 0.0466 e. The average Bonchev–Trinajstić information content (AvgIpc) is 2.44. The Morgan fingerprint density at radius 3 is 2.00 bits per heavy atom. The van der Waals surface area contributed by atoms with Gasteiger partial charge in [-0.25, -0.2) is 0 Å². The number of halogens is 1. The molecule has 0 bridgehead atoms. The summed E-state index contributed by atoms with van der Waals surface area (Å²) >= 11 is 5.30. The van der Waals surface area contributed by atoms with E-state index >= 15 is 0 Å². The van der Waals surface area contributed by atoms with E-state index in [1.165, 1.54) is 19.3 Å². The van der Waals surface area contributed by atoms with Crippen molar-refractivity contribution in [3.05, 3.63) is 0 Å². The molecule has 1 fully saturated rings. The first-order valence-corrected chi connectivity index (χ1v) is 4.59. The lowest BCUT2D eigenvalue weighted by atomic mass is 10.4. The van der Waals surface area contributed by atoms with Gasteiger partial charge in [0.1, 0.15) is 0 Å². The molecule has 0 aromatic carbocycles. The van der Waals surface area contributed by atoms with Crippen molar-refractivity contribution in [1.29, 1.82) is 0 Å². The Kier molecular flexibility index (Phi) is 9.48. The molecule has 1 nitrogen and oxygen atoms in total. The van der Waals surface area contributed by atoms with E-state index in [1.54, 1.807) is 0 Å². The van der Waals surface area contributed by atoms with Crippen LogP contribution < -0.4 is 0 Å². The molecule has 0 aromatic rings. The highest BCUT2D eigenvalue weighted by Crippen LogP contribution is 1.98. The average molecular weight is 165 g/mol. The van der Waals surface area contributed by atoms with Crippen molar-refractivity contribution in [3.8, 4) is 0 Å². The van der Waals surface area contributed by atoms with Crippen molar-refractivity contribution in [2.45, 2.75) is 32.6 Å². The van der Waals surface area contributed by atoms with Gasteiger partial charge in [-0.3, -0.25) is 0 Å². The number of hydrogen-bond acceptors (Lipinski definition) is 1. The van der Waals surface area contributed by atoms with E-state index in [1.807, 2.05) is 0 Å². The van der Waals surface area contributed by atoms with Crippen LogP contribution in [0.2, 0.25) is 0 Å². The lowest BCUT2D eigenvalue weighted by molar-refractivity contribution is 0.198. The summed E-state index contributed by atoms with van der Waals surface area (Å²) in [5.74, 6) is 0.816. The fourth-order valence-electron chi connectivity index (χ4n) is 0.644. The van der Waals surface area contributed by atoms with Crippen LogP contribution in [-0.2, 0) is 4.74 Å². The van der Waals surface area contributed by atoms with Crippen molar-refractivity contribution in [1.82, 2.24) is 0 Å². The van der Waals surface area contributed by atoms with E-state index in [0.29, 0.717) is 0 Å². The molecule has 10 heavy (non-hydrogen) atoms. The predicted octanol–water partition coefficient (Wildman–Crippen LogP) is 2.82. The molecule has 0 N–H and O–H groups in total. The van der Waals surface area contributed by atoms with Gasteiger partial charge in [-0.05, 0) is 19.3 Å². The molecule has 0 saturated carbocycles. The topological polar surface area (TPSA) is 9.23 Å². The van der Waals surface area contributed by atoms with Crippen LogP contribution in [0.1, 0.15) is 32.6 Å². The van der Waals surface area contributed by atoms with Gasteiger partial charge in [-0.1, -0.05) is 13.3 Å². The first-order valence-electron chi connectivity index (χ1n) is 4.05. The van der Waals surface area contributed by atoms with E-state index in [2.05, 4.69) is 6.92 Å². The number of alkyl halides is 1. The Hall–Kier alpha value is 0.250. The molecule has 1 aliphatic rings. The summed E-state index contributed by atoms with van der Waals surface area (Å²) in [6.07, 6.45) is 4.92. The van der Waals surface area contributed by atoms with E-state index in [9.17, 15) is 0 Å². The van der Waals surface area contributed by atoms with Crippen molar-refractivity contribution < 1.29 is 4.74 Å². The first-order chi connectivity index (χ1) is 4.91. The third-order valence-electron chi connectivity index (χ3n) is 1.31. The number of unbranched alkanes of at least 4 members (excludes halogenated alkanes) is 1. The minimum atomic E-state index is 0.816. The van der Waals surface area contributed by atoms with Crippen LogP contribution in [0.25, 0.3) is 0 Å². The third kappa shape index (κ3) is 8.25. The van der Waals surface area contributed by atoms with Gasteiger partial charge in [0.15, 0.2) is 0 Å². The fraction of sp³-hybridized carbons (Fsp3) is 1.00. The lowest BCUT2D eigenvalue weighted by Gasteiger charge is -1.77. The Labute approximate surface area is 68.7 Å². The van der Waals surface area contributed by atoms with E-state index in [4.69, 9.17) is 16.3 Å². The molecule has 62 valence electrons. The van der Waals surface area contributed by atoms with Gasteiger partial charge in [0.25, 0.3) is 0 Å². The van der Waals surface area contributed by atoms with Crippen molar-refractivity contribution >= 4 is 11.6 Å². The molecule has 1 saturated heterocycles. The minimum absolute atomic E-state index is 0.816. The van der Waals surface area contributed by atoms with E-state index < -0.39 is 0 Å². The monoisotopic (exact) mass is 164 g/mol. The summed E-state index contributed by atoms with van der Waals surface area (Å²) in [4.78, 5) is 0. The zero-order valence-electron chi connectivity index (χ0n) is 6.74. The molecular formula is C8H17ClO. The highest BCUT2D eigenvalue weighted by atomic mass is 35.5. The van der Waals surface area contributed by atoms with E-state index in [0.717, 1.165) is 25.5 Å². The van der Waals surface area contributed by atoms with Crippen LogP contribution in [0, 0.1) is 0 Å². The zero-order valence-corrected chi connectivity index (χ0v) is 7.49. The summed E-state index contributed by atoms with van der Waals surface area (Å²) < 4.78 is 4.94. The predicted molar refractivity (Wildman–Crippen MR) is 45.7 cm³/mol. The molecule has 1 heterocycles. The standard InChI is InChI=1S/C4H9Cl.C4H8O/c1-2-3-4-5;1-2-4-5-3-1/h2-4H2,1H3;1-4H2. The largest absolute Gasteiger partial charge is 0.381 e. The second-order valence-electron chi connectivity index (χ2n) is 2.36. The molecule has 0 amide bonds. The van der Waals surface area contributed by atoms with Gasteiger partial charge >= 0.3 is 0 Å². The molecule has 2 heteroatoms. The highest BCUT2D eigenvalue weighted by Gasteiger charge is 1.94.